The second kappa shape index (κ2) is 5.57. The van der Waals surface area contributed by atoms with Gasteiger partial charge in [0, 0.05) is 4.90 Å². The molecule has 1 heterocycles. The van der Waals surface area contributed by atoms with Crippen molar-refractivity contribution >= 4 is 11.8 Å². The second-order valence-electron chi connectivity index (χ2n) is 4.25. The molecule has 82 valence electrons. The van der Waals surface area contributed by atoms with Gasteiger partial charge in [-0.25, -0.2) is 0 Å². The fraction of sp³-hybridized carbons (Fsp3) is 0.538. The van der Waals surface area contributed by atoms with Crippen molar-refractivity contribution < 1.29 is 0 Å². The smallest absolute Gasteiger partial charge is 0.00718 e. The topological polar surface area (TPSA) is 12.0 Å². The normalized spacial score (nSPS) is 17.9. The third kappa shape index (κ3) is 3.25. The Morgan fingerprint density at radius 1 is 1.33 bits per heavy atom. The highest BCUT2D eigenvalue weighted by Crippen LogP contribution is 2.21. The van der Waals surface area contributed by atoms with Crippen LogP contribution in [-0.2, 0) is 6.42 Å². The van der Waals surface area contributed by atoms with Gasteiger partial charge < -0.3 is 5.32 Å². The maximum atomic E-state index is 3.42. The standard InChI is InChI=1S/C13H19NS/c1-15-13-4-2-3-12(10-13)9-11-5-7-14-8-6-11/h2-4,10-11,14H,5-9H2,1H3. The van der Waals surface area contributed by atoms with E-state index in [1.54, 1.807) is 0 Å². The van der Waals surface area contributed by atoms with Gasteiger partial charge in [0.1, 0.15) is 0 Å². The van der Waals surface area contributed by atoms with E-state index in [0.717, 1.165) is 5.92 Å². The number of rotatable bonds is 3. The molecule has 0 unspecified atom stereocenters. The molecule has 1 aliphatic heterocycles. The highest BCUT2D eigenvalue weighted by molar-refractivity contribution is 7.98. The van der Waals surface area contributed by atoms with Gasteiger partial charge >= 0.3 is 0 Å². The van der Waals surface area contributed by atoms with Crippen molar-refractivity contribution in [3.63, 3.8) is 0 Å². The predicted molar refractivity (Wildman–Crippen MR) is 67.5 cm³/mol. The Morgan fingerprint density at radius 2 is 2.13 bits per heavy atom. The van der Waals surface area contributed by atoms with E-state index in [1.165, 1.54) is 42.8 Å². The molecule has 1 aromatic carbocycles. The molecule has 0 spiro atoms. The van der Waals surface area contributed by atoms with Crippen molar-refractivity contribution in [3.8, 4) is 0 Å². The molecule has 1 aromatic rings. The van der Waals surface area contributed by atoms with E-state index in [4.69, 9.17) is 0 Å². The van der Waals surface area contributed by atoms with E-state index in [2.05, 4.69) is 35.8 Å². The fourth-order valence-electron chi connectivity index (χ4n) is 2.22. The first-order valence-corrected chi connectivity index (χ1v) is 6.94. The van der Waals surface area contributed by atoms with E-state index >= 15 is 0 Å². The quantitative estimate of drug-likeness (QED) is 0.788. The van der Waals surface area contributed by atoms with Crippen LogP contribution in [0, 0.1) is 5.92 Å². The minimum atomic E-state index is 0.892. The number of benzene rings is 1. The lowest BCUT2D eigenvalue weighted by Crippen LogP contribution is -2.28. The molecule has 15 heavy (non-hydrogen) atoms. The van der Waals surface area contributed by atoms with Gasteiger partial charge in [0.15, 0.2) is 0 Å². The maximum absolute atomic E-state index is 3.42. The lowest BCUT2D eigenvalue weighted by Gasteiger charge is -2.22. The summed E-state index contributed by atoms with van der Waals surface area (Å²) in [7, 11) is 0. The van der Waals surface area contributed by atoms with Gasteiger partial charge in [0.2, 0.25) is 0 Å². The molecule has 0 bridgehead atoms. The van der Waals surface area contributed by atoms with Crippen LogP contribution in [0.2, 0.25) is 0 Å². The molecule has 0 radical (unpaired) electrons. The van der Waals surface area contributed by atoms with Gasteiger partial charge in [-0.05, 0) is 62.2 Å². The molecular formula is C13H19NS. The number of piperidine rings is 1. The van der Waals surface area contributed by atoms with Crippen LogP contribution >= 0.6 is 11.8 Å². The van der Waals surface area contributed by atoms with Crippen LogP contribution in [0.25, 0.3) is 0 Å². The van der Waals surface area contributed by atoms with E-state index in [1.807, 2.05) is 11.8 Å². The third-order valence-electron chi connectivity index (χ3n) is 3.12. The Hall–Kier alpha value is -0.470. The van der Waals surface area contributed by atoms with Gasteiger partial charge in [-0.2, -0.15) is 0 Å². The molecule has 1 saturated heterocycles. The van der Waals surface area contributed by atoms with Crippen molar-refractivity contribution in [1.29, 1.82) is 0 Å². The van der Waals surface area contributed by atoms with Crippen LogP contribution in [0.5, 0.6) is 0 Å². The van der Waals surface area contributed by atoms with Crippen LogP contribution in [-0.4, -0.2) is 19.3 Å². The minimum absolute atomic E-state index is 0.892. The van der Waals surface area contributed by atoms with E-state index in [-0.39, 0.29) is 0 Å². The molecule has 0 saturated carbocycles. The van der Waals surface area contributed by atoms with Gasteiger partial charge in [-0.15, -0.1) is 11.8 Å². The Kier molecular flexibility index (Phi) is 4.09. The third-order valence-corrected chi connectivity index (χ3v) is 3.84. The van der Waals surface area contributed by atoms with Gasteiger partial charge in [0.05, 0.1) is 0 Å². The van der Waals surface area contributed by atoms with Crippen LogP contribution in [0.3, 0.4) is 0 Å². The summed E-state index contributed by atoms with van der Waals surface area (Å²) in [5.41, 5.74) is 1.51. The summed E-state index contributed by atoms with van der Waals surface area (Å²) in [6.45, 7) is 2.40. The van der Waals surface area contributed by atoms with E-state index in [9.17, 15) is 0 Å². The van der Waals surface area contributed by atoms with Crippen LogP contribution in [0.15, 0.2) is 29.2 Å². The largest absolute Gasteiger partial charge is 0.317 e. The highest BCUT2D eigenvalue weighted by Gasteiger charge is 2.13. The number of nitrogens with one attached hydrogen (secondary N) is 1. The monoisotopic (exact) mass is 221 g/mol. The molecule has 2 rings (SSSR count). The summed E-state index contributed by atoms with van der Waals surface area (Å²) in [5, 5.41) is 3.42. The molecule has 0 amide bonds. The maximum Gasteiger partial charge on any atom is 0.00718 e. The summed E-state index contributed by atoms with van der Waals surface area (Å²) in [4.78, 5) is 1.39. The lowest BCUT2D eigenvalue weighted by atomic mass is 9.91. The molecular weight excluding hydrogens is 202 g/mol. The van der Waals surface area contributed by atoms with E-state index in [0.29, 0.717) is 0 Å². The number of hydrogen-bond donors (Lipinski definition) is 1. The second-order valence-corrected chi connectivity index (χ2v) is 5.13. The van der Waals surface area contributed by atoms with Crippen molar-refractivity contribution in [1.82, 2.24) is 5.32 Å². The van der Waals surface area contributed by atoms with Crippen LogP contribution in [0.4, 0.5) is 0 Å². The first-order valence-electron chi connectivity index (χ1n) is 5.72. The highest BCUT2D eigenvalue weighted by atomic mass is 32.2. The SMILES string of the molecule is CSc1cccc(CC2CCNCC2)c1. The lowest BCUT2D eigenvalue weighted by molar-refractivity contribution is 0.372. The van der Waals surface area contributed by atoms with Crippen molar-refractivity contribution in [3.05, 3.63) is 29.8 Å². The zero-order chi connectivity index (χ0) is 10.5. The van der Waals surface area contributed by atoms with Crippen LogP contribution in [0.1, 0.15) is 18.4 Å². The van der Waals surface area contributed by atoms with Crippen molar-refractivity contribution in [2.75, 3.05) is 19.3 Å². The zero-order valence-electron chi connectivity index (χ0n) is 9.33. The first kappa shape index (κ1) is 11.0. The fourth-order valence-corrected chi connectivity index (χ4v) is 2.70. The summed E-state index contributed by atoms with van der Waals surface area (Å²) >= 11 is 1.83. The average Bonchev–Trinajstić information content (AvgIpc) is 2.31. The minimum Gasteiger partial charge on any atom is -0.317 e. The van der Waals surface area contributed by atoms with Gasteiger partial charge in [0.25, 0.3) is 0 Å². The molecule has 1 nitrogen and oxygen atoms in total. The number of hydrogen-bond acceptors (Lipinski definition) is 2. The van der Waals surface area contributed by atoms with E-state index < -0.39 is 0 Å². The van der Waals surface area contributed by atoms with Crippen LogP contribution < -0.4 is 5.32 Å². The molecule has 2 heteroatoms. The summed E-state index contributed by atoms with van der Waals surface area (Å²) in [6, 6.07) is 8.98. The Labute approximate surface area is 96.7 Å². The Balaban J connectivity index is 1.96. The molecule has 1 N–H and O–H groups in total. The summed E-state index contributed by atoms with van der Waals surface area (Å²) < 4.78 is 0. The average molecular weight is 221 g/mol. The predicted octanol–water partition coefficient (Wildman–Crippen LogP) is 2.95. The molecule has 0 aliphatic carbocycles. The summed E-state index contributed by atoms with van der Waals surface area (Å²) in [5.74, 6) is 0.892. The zero-order valence-corrected chi connectivity index (χ0v) is 10.1. The van der Waals surface area contributed by atoms with Gasteiger partial charge in [-0.3, -0.25) is 0 Å². The molecule has 0 atom stereocenters. The number of thioether (sulfide) groups is 1. The first-order chi connectivity index (χ1) is 7.38. The van der Waals surface area contributed by atoms with Gasteiger partial charge in [-0.1, -0.05) is 12.1 Å². The Bertz CT molecular complexity index is 305. The molecule has 1 fully saturated rings. The molecule has 1 aliphatic rings. The van der Waals surface area contributed by atoms with Crippen molar-refractivity contribution in [2.45, 2.75) is 24.2 Å². The summed E-state index contributed by atoms with van der Waals surface area (Å²) in [6.07, 6.45) is 6.08. The molecule has 0 aromatic heterocycles. The Morgan fingerprint density at radius 3 is 2.87 bits per heavy atom. The van der Waals surface area contributed by atoms with Crippen molar-refractivity contribution in [2.24, 2.45) is 5.92 Å².